The first-order valence-electron chi connectivity index (χ1n) is 9.90. The lowest BCUT2D eigenvalue weighted by atomic mass is 10.1. The molecule has 0 aromatic heterocycles. The van der Waals surface area contributed by atoms with Crippen LogP contribution in [0.15, 0.2) is 29.3 Å². The van der Waals surface area contributed by atoms with Gasteiger partial charge < -0.3 is 15.5 Å². The van der Waals surface area contributed by atoms with E-state index in [1.807, 2.05) is 7.05 Å². The predicted molar refractivity (Wildman–Crippen MR) is 127 cm³/mol. The van der Waals surface area contributed by atoms with E-state index in [0.717, 1.165) is 38.7 Å². The molecule has 0 saturated carbocycles. The van der Waals surface area contributed by atoms with Crippen LogP contribution in [0.2, 0.25) is 0 Å². The van der Waals surface area contributed by atoms with Gasteiger partial charge in [-0.1, -0.05) is 38.1 Å². The second-order valence-electron chi connectivity index (χ2n) is 7.85. The Morgan fingerprint density at radius 3 is 2.59 bits per heavy atom. The molecule has 0 bridgehead atoms. The molecular weight excluding hydrogens is 449 g/mol. The second-order valence-corrected chi connectivity index (χ2v) is 7.85. The topological polar surface area (TPSA) is 42.9 Å². The van der Waals surface area contributed by atoms with Crippen LogP contribution in [0.3, 0.4) is 0 Å². The number of nitrogens with one attached hydrogen (secondary N) is 2. The highest BCUT2D eigenvalue weighted by molar-refractivity contribution is 14.0. The Morgan fingerprint density at radius 1 is 1.30 bits per heavy atom. The molecule has 1 aliphatic heterocycles. The monoisotopic (exact) mass is 487 g/mol. The van der Waals surface area contributed by atoms with Crippen LogP contribution in [0, 0.1) is 5.92 Å². The molecule has 1 aromatic rings. The molecule has 27 heavy (non-hydrogen) atoms. The molecule has 0 spiro atoms. The predicted octanol–water partition coefficient (Wildman–Crippen LogP) is 3.15. The summed E-state index contributed by atoms with van der Waals surface area (Å²) in [6.07, 6.45) is 0. The van der Waals surface area contributed by atoms with E-state index in [2.05, 4.69) is 84.4 Å². The minimum atomic E-state index is 0. The minimum Gasteiger partial charge on any atom is -0.352 e. The van der Waals surface area contributed by atoms with Crippen molar-refractivity contribution in [2.24, 2.45) is 10.9 Å². The fourth-order valence-corrected chi connectivity index (χ4v) is 3.43. The Bertz CT molecular complexity index is 590. The summed E-state index contributed by atoms with van der Waals surface area (Å²) >= 11 is 0. The van der Waals surface area contributed by atoms with Crippen molar-refractivity contribution in [1.29, 1.82) is 0 Å². The molecule has 2 rings (SSSR count). The van der Waals surface area contributed by atoms with Crippen molar-refractivity contribution in [3.63, 3.8) is 0 Å². The fourth-order valence-electron chi connectivity index (χ4n) is 3.43. The van der Waals surface area contributed by atoms with Gasteiger partial charge in [-0.25, -0.2) is 0 Å². The third kappa shape index (κ3) is 7.58. The molecule has 6 heteroatoms. The number of halogens is 1. The summed E-state index contributed by atoms with van der Waals surface area (Å²) in [6.45, 7) is 14.1. The molecular formula is C21H38IN5. The van der Waals surface area contributed by atoms with Gasteiger partial charge in [0.2, 0.25) is 0 Å². The lowest BCUT2D eigenvalue weighted by Crippen LogP contribution is -2.46. The summed E-state index contributed by atoms with van der Waals surface area (Å²) in [6, 6.07) is 9.85. The molecule has 1 fully saturated rings. The van der Waals surface area contributed by atoms with Crippen LogP contribution in [-0.2, 0) is 13.1 Å². The maximum Gasteiger partial charge on any atom is 0.191 e. The number of guanidine groups is 1. The molecule has 154 valence electrons. The van der Waals surface area contributed by atoms with Gasteiger partial charge >= 0.3 is 0 Å². The average molecular weight is 487 g/mol. The first-order valence-corrected chi connectivity index (χ1v) is 9.90. The molecule has 1 saturated heterocycles. The molecule has 1 aromatic carbocycles. The third-order valence-corrected chi connectivity index (χ3v) is 5.36. The molecule has 1 heterocycles. The lowest BCUT2D eigenvalue weighted by molar-refractivity contribution is 0.265. The maximum atomic E-state index is 4.42. The SMILES string of the molecule is CCN(C)Cc1cccc(CNC(=NC)NC2CN(C(C)C)CC2C)c1.I. The second kappa shape index (κ2) is 11.9. The van der Waals surface area contributed by atoms with Gasteiger partial charge in [0.15, 0.2) is 5.96 Å². The van der Waals surface area contributed by atoms with Gasteiger partial charge in [-0.05, 0) is 44.5 Å². The zero-order valence-electron chi connectivity index (χ0n) is 17.8. The van der Waals surface area contributed by atoms with Gasteiger partial charge in [-0.3, -0.25) is 9.89 Å². The Labute approximate surface area is 183 Å². The van der Waals surface area contributed by atoms with Gasteiger partial charge in [-0.2, -0.15) is 0 Å². The minimum absolute atomic E-state index is 0. The van der Waals surface area contributed by atoms with E-state index in [-0.39, 0.29) is 24.0 Å². The van der Waals surface area contributed by atoms with Crippen LogP contribution in [0.4, 0.5) is 0 Å². The number of nitrogens with zero attached hydrogens (tertiary/aromatic N) is 3. The summed E-state index contributed by atoms with van der Waals surface area (Å²) in [5.74, 6) is 1.52. The van der Waals surface area contributed by atoms with Crippen LogP contribution in [0.25, 0.3) is 0 Å². The lowest BCUT2D eigenvalue weighted by Gasteiger charge is -2.22. The summed E-state index contributed by atoms with van der Waals surface area (Å²) in [7, 11) is 4.00. The number of rotatable bonds is 7. The Kier molecular flexibility index (Phi) is 10.6. The highest BCUT2D eigenvalue weighted by Gasteiger charge is 2.31. The summed E-state index contributed by atoms with van der Waals surface area (Å²) in [4.78, 5) is 9.27. The Morgan fingerprint density at radius 2 is 2.00 bits per heavy atom. The fraction of sp³-hybridized carbons (Fsp3) is 0.667. The largest absolute Gasteiger partial charge is 0.352 e. The van der Waals surface area contributed by atoms with Crippen molar-refractivity contribution in [2.45, 2.75) is 52.9 Å². The van der Waals surface area contributed by atoms with Crippen molar-refractivity contribution in [1.82, 2.24) is 20.4 Å². The summed E-state index contributed by atoms with van der Waals surface area (Å²) in [5, 5.41) is 7.09. The first kappa shape index (κ1) is 24.2. The number of hydrogen-bond donors (Lipinski definition) is 2. The zero-order chi connectivity index (χ0) is 19.1. The third-order valence-electron chi connectivity index (χ3n) is 5.36. The van der Waals surface area contributed by atoms with Gasteiger partial charge in [0.25, 0.3) is 0 Å². The highest BCUT2D eigenvalue weighted by Crippen LogP contribution is 2.18. The van der Waals surface area contributed by atoms with Crippen molar-refractivity contribution in [2.75, 3.05) is 33.7 Å². The molecule has 2 N–H and O–H groups in total. The van der Waals surface area contributed by atoms with Gasteiger partial charge in [-0.15, -0.1) is 24.0 Å². The molecule has 0 amide bonds. The van der Waals surface area contributed by atoms with Crippen molar-refractivity contribution < 1.29 is 0 Å². The van der Waals surface area contributed by atoms with Gasteiger partial charge in [0.1, 0.15) is 0 Å². The smallest absolute Gasteiger partial charge is 0.191 e. The Hall–Kier alpha value is -0.860. The van der Waals surface area contributed by atoms with Crippen molar-refractivity contribution in [3.8, 4) is 0 Å². The van der Waals surface area contributed by atoms with E-state index in [0.29, 0.717) is 18.0 Å². The van der Waals surface area contributed by atoms with E-state index in [9.17, 15) is 0 Å². The number of likely N-dealkylation sites (tertiary alicyclic amines) is 1. The molecule has 2 atom stereocenters. The maximum absolute atomic E-state index is 4.42. The number of aliphatic imine (C=N–C) groups is 1. The van der Waals surface area contributed by atoms with E-state index >= 15 is 0 Å². The zero-order valence-corrected chi connectivity index (χ0v) is 20.2. The number of benzene rings is 1. The quantitative estimate of drug-likeness (QED) is 0.353. The average Bonchev–Trinajstić information content (AvgIpc) is 2.99. The van der Waals surface area contributed by atoms with Crippen molar-refractivity contribution in [3.05, 3.63) is 35.4 Å². The summed E-state index contributed by atoms with van der Waals surface area (Å²) in [5.41, 5.74) is 2.65. The van der Waals surface area contributed by atoms with E-state index < -0.39 is 0 Å². The molecule has 2 unspecified atom stereocenters. The normalized spacial score (nSPS) is 20.8. The van der Waals surface area contributed by atoms with Crippen LogP contribution in [-0.4, -0.2) is 61.6 Å². The molecule has 0 aliphatic carbocycles. The van der Waals surface area contributed by atoms with E-state index in [4.69, 9.17) is 0 Å². The van der Waals surface area contributed by atoms with E-state index in [1.165, 1.54) is 11.1 Å². The van der Waals surface area contributed by atoms with Crippen LogP contribution in [0.1, 0.15) is 38.8 Å². The van der Waals surface area contributed by atoms with E-state index in [1.54, 1.807) is 0 Å². The van der Waals surface area contributed by atoms with Gasteiger partial charge in [0, 0.05) is 45.3 Å². The first-order chi connectivity index (χ1) is 12.4. The summed E-state index contributed by atoms with van der Waals surface area (Å²) < 4.78 is 0. The molecule has 0 radical (unpaired) electrons. The number of hydrogen-bond acceptors (Lipinski definition) is 3. The molecule has 1 aliphatic rings. The van der Waals surface area contributed by atoms with Crippen molar-refractivity contribution >= 4 is 29.9 Å². The standard InChI is InChI=1S/C21H37N5.HI/c1-7-25(6)14-19-10-8-9-18(11-19)12-23-21(22-5)24-20-15-26(16(2)3)13-17(20)4;/h8-11,16-17,20H,7,12-15H2,1-6H3,(H2,22,23,24);1H. The van der Waals surface area contributed by atoms with Crippen LogP contribution >= 0.6 is 24.0 Å². The molecule has 5 nitrogen and oxygen atoms in total. The van der Waals surface area contributed by atoms with Crippen LogP contribution < -0.4 is 10.6 Å². The highest BCUT2D eigenvalue weighted by atomic mass is 127. The van der Waals surface area contributed by atoms with Gasteiger partial charge in [0.05, 0.1) is 0 Å². The van der Waals surface area contributed by atoms with Crippen LogP contribution in [0.5, 0.6) is 0 Å². The Balaban J connectivity index is 0.00000364.